The number of rotatable bonds is 4. The van der Waals surface area contributed by atoms with E-state index < -0.39 is 0 Å². The van der Waals surface area contributed by atoms with Gasteiger partial charge in [0.15, 0.2) is 0 Å². The minimum absolute atomic E-state index is 0.0975. The maximum atomic E-state index is 10.7. The Kier molecular flexibility index (Phi) is 4.28. The third-order valence-corrected chi connectivity index (χ3v) is 1.88. The Morgan fingerprint density at radius 1 is 1.60 bits per heavy atom. The Bertz CT molecular complexity index is 112. The van der Waals surface area contributed by atoms with Gasteiger partial charge in [-0.3, -0.25) is 4.79 Å². The van der Waals surface area contributed by atoms with Crippen LogP contribution in [0.2, 0.25) is 0 Å². The normalized spacial score (nSPS) is 16.4. The van der Waals surface area contributed by atoms with Gasteiger partial charge in [-0.1, -0.05) is 20.3 Å². The zero-order chi connectivity index (χ0) is 8.15. The van der Waals surface area contributed by atoms with E-state index in [1.165, 1.54) is 0 Å². The van der Waals surface area contributed by atoms with E-state index in [1.807, 2.05) is 0 Å². The average Bonchev–Trinajstić information content (AvgIpc) is 1.87. The maximum absolute atomic E-state index is 10.7. The molecule has 0 aliphatic rings. The Labute approximate surface area is 62.8 Å². The van der Waals surface area contributed by atoms with Crippen LogP contribution in [0.25, 0.3) is 0 Å². The lowest BCUT2D eigenvalue weighted by atomic mass is 9.98. The van der Waals surface area contributed by atoms with Gasteiger partial charge in [-0.25, -0.2) is 0 Å². The van der Waals surface area contributed by atoms with Gasteiger partial charge in [0.05, 0.1) is 6.04 Å². The molecule has 0 unspecified atom stereocenters. The Balaban J connectivity index is 3.56. The van der Waals surface area contributed by atoms with Gasteiger partial charge in [0.1, 0.15) is 5.78 Å². The summed E-state index contributed by atoms with van der Waals surface area (Å²) in [5.41, 5.74) is 5.54. The molecule has 0 aromatic rings. The zero-order valence-electron chi connectivity index (χ0n) is 7.05. The van der Waals surface area contributed by atoms with Gasteiger partial charge < -0.3 is 5.73 Å². The Hall–Kier alpha value is -0.370. The van der Waals surface area contributed by atoms with Crippen LogP contribution >= 0.6 is 0 Å². The van der Waals surface area contributed by atoms with Crippen LogP contribution in [0.5, 0.6) is 0 Å². The lowest BCUT2D eigenvalue weighted by Gasteiger charge is -2.12. The van der Waals surface area contributed by atoms with Crippen molar-refractivity contribution in [2.75, 3.05) is 0 Å². The van der Waals surface area contributed by atoms with Crippen molar-refractivity contribution in [1.29, 1.82) is 0 Å². The van der Waals surface area contributed by atoms with E-state index in [4.69, 9.17) is 5.73 Å². The topological polar surface area (TPSA) is 43.1 Å². The number of carbonyl (C=O) groups excluding carboxylic acids is 1. The number of Topliss-reactive ketones (excluding diaryl/α,β-unsaturated/α-hetero) is 1. The molecule has 0 amide bonds. The van der Waals surface area contributed by atoms with E-state index in [-0.39, 0.29) is 11.8 Å². The largest absolute Gasteiger partial charge is 0.322 e. The molecule has 0 aromatic heterocycles. The summed E-state index contributed by atoms with van der Waals surface area (Å²) in [6, 6.07) is -0.241. The second kappa shape index (κ2) is 4.45. The average molecular weight is 143 g/mol. The van der Waals surface area contributed by atoms with Crippen LogP contribution in [-0.2, 0) is 4.79 Å². The van der Waals surface area contributed by atoms with Gasteiger partial charge in [-0.15, -0.1) is 0 Å². The molecular formula is C8H17NO. The molecule has 2 nitrogen and oxygen atoms in total. The van der Waals surface area contributed by atoms with Crippen molar-refractivity contribution in [3.8, 4) is 0 Å². The van der Waals surface area contributed by atoms with Crippen LogP contribution in [-0.4, -0.2) is 11.8 Å². The summed E-state index contributed by atoms with van der Waals surface area (Å²) in [6.07, 6.45) is 1.92. The van der Waals surface area contributed by atoms with Crippen molar-refractivity contribution in [3.05, 3.63) is 0 Å². The molecule has 0 fully saturated rings. The van der Waals surface area contributed by atoms with Crippen molar-refractivity contribution in [3.63, 3.8) is 0 Å². The molecule has 0 bridgehead atoms. The first-order chi connectivity index (χ1) is 4.57. The molecule has 0 rings (SSSR count). The van der Waals surface area contributed by atoms with Gasteiger partial charge in [-0.05, 0) is 19.3 Å². The molecule has 0 aliphatic carbocycles. The van der Waals surface area contributed by atoms with Gasteiger partial charge in [0.2, 0.25) is 0 Å². The first-order valence-corrected chi connectivity index (χ1v) is 3.84. The Morgan fingerprint density at radius 3 is 2.40 bits per heavy atom. The fraction of sp³-hybridized carbons (Fsp3) is 0.875. The minimum Gasteiger partial charge on any atom is -0.322 e. The quantitative estimate of drug-likeness (QED) is 0.645. The molecular weight excluding hydrogens is 126 g/mol. The highest BCUT2D eigenvalue weighted by Gasteiger charge is 2.10. The predicted molar refractivity (Wildman–Crippen MR) is 42.7 cm³/mol. The molecule has 10 heavy (non-hydrogen) atoms. The molecule has 2 heteroatoms. The second-order valence-corrected chi connectivity index (χ2v) is 2.97. The first kappa shape index (κ1) is 9.63. The summed E-state index contributed by atoms with van der Waals surface area (Å²) in [7, 11) is 0. The standard InChI is InChI=1S/C8H17NO/c1-4-6(2)5-8(9)7(3)10/h6,8H,4-5,9H2,1-3H3/t6-,8+/m1/s1. The molecule has 0 saturated carbocycles. The van der Waals surface area contributed by atoms with E-state index in [0.29, 0.717) is 5.92 Å². The summed E-state index contributed by atoms with van der Waals surface area (Å²) in [4.78, 5) is 10.7. The SMILES string of the molecule is CC[C@@H](C)C[C@H](N)C(C)=O. The fourth-order valence-electron chi connectivity index (χ4n) is 0.766. The van der Waals surface area contributed by atoms with Crippen molar-refractivity contribution >= 4 is 5.78 Å². The molecule has 0 heterocycles. The highest BCUT2D eigenvalue weighted by atomic mass is 16.1. The van der Waals surface area contributed by atoms with E-state index >= 15 is 0 Å². The molecule has 2 atom stereocenters. The molecule has 0 aromatic carbocycles. The van der Waals surface area contributed by atoms with E-state index in [9.17, 15) is 4.79 Å². The van der Waals surface area contributed by atoms with Crippen molar-refractivity contribution in [2.45, 2.75) is 39.7 Å². The molecule has 0 radical (unpaired) electrons. The third kappa shape index (κ3) is 3.62. The maximum Gasteiger partial charge on any atom is 0.146 e. The van der Waals surface area contributed by atoms with E-state index in [0.717, 1.165) is 12.8 Å². The summed E-state index contributed by atoms with van der Waals surface area (Å²) in [6.45, 7) is 5.77. The van der Waals surface area contributed by atoms with Gasteiger partial charge in [0, 0.05) is 0 Å². The number of ketones is 1. The number of carbonyl (C=O) groups is 1. The summed E-state index contributed by atoms with van der Waals surface area (Å²) in [5, 5.41) is 0. The number of hydrogen-bond donors (Lipinski definition) is 1. The van der Waals surface area contributed by atoms with Crippen LogP contribution in [0.15, 0.2) is 0 Å². The fourth-order valence-corrected chi connectivity index (χ4v) is 0.766. The minimum atomic E-state index is -0.241. The predicted octanol–water partition coefficient (Wildman–Crippen LogP) is 1.34. The van der Waals surface area contributed by atoms with Crippen LogP contribution in [0, 0.1) is 5.92 Å². The second-order valence-electron chi connectivity index (χ2n) is 2.97. The van der Waals surface area contributed by atoms with Gasteiger partial charge in [0.25, 0.3) is 0 Å². The highest BCUT2D eigenvalue weighted by molar-refractivity contribution is 5.81. The monoisotopic (exact) mass is 143 g/mol. The van der Waals surface area contributed by atoms with Crippen molar-refractivity contribution in [2.24, 2.45) is 11.7 Å². The third-order valence-electron chi connectivity index (χ3n) is 1.88. The molecule has 2 N–H and O–H groups in total. The van der Waals surface area contributed by atoms with E-state index in [1.54, 1.807) is 6.92 Å². The molecule has 60 valence electrons. The molecule has 0 aliphatic heterocycles. The lowest BCUT2D eigenvalue weighted by molar-refractivity contribution is -0.118. The van der Waals surface area contributed by atoms with Crippen molar-refractivity contribution < 1.29 is 4.79 Å². The highest BCUT2D eigenvalue weighted by Crippen LogP contribution is 2.08. The summed E-state index contributed by atoms with van der Waals surface area (Å²) in [5.74, 6) is 0.666. The smallest absolute Gasteiger partial charge is 0.146 e. The molecule has 0 saturated heterocycles. The van der Waals surface area contributed by atoms with Crippen LogP contribution < -0.4 is 5.73 Å². The van der Waals surface area contributed by atoms with Gasteiger partial charge >= 0.3 is 0 Å². The van der Waals surface area contributed by atoms with Crippen LogP contribution in [0.3, 0.4) is 0 Å². The van der Waals surface area contributed by atoms with Crippen LogP contribution in [0.1, 0.15) is 33.6 Å². The number of nitrogens with two attached hydrogens (primary N) is 1. The first-order valence-electron chi connectivity index (χ1n) is 3.84. The number of hydrogen-bond acceptors (Lipinski definition) is 2. The van der Waals surface area contributed by atoms with E-state index in [2.05, 4.69) is 13.8 Å². The Morgan fingerprint density at radius 2 is 2.10 bits per heavy atom. The van der Waals surface area contributed by atoms with Gasteiger partial charge in [-0.2, -0.15) is 0 Å². The zero-order valence-corrected chi connectivity index (χ0v) is 7.05. The lowest BCUT2D eigenvalue weighted by Crippen LogP contribution is -2.29. The van der Waals surface area contributed by atoms with Crippen molar-refractivity contribution in [1.82, 2.24) is 0 Å². The molecule has 0 spiro atoms. The summed E-state index contributed by atoms with van der Waals surface area (Å²) >= 11 is 0. The summed E-state index contributed by atoms with van der Waals surface area (Å²) < 4.78 is 0. The van der Waals surface area contributed by atoms with Crippen LogP contribution in [0.4, 0.5) is 0 Å².